The van der Waals surface area contributed by atoms with E-state index in [1.165, 1.54) is 19.3 Å². The van der Waals surface area contributed by atoms with Crippen molar-refractivity contribution in [3.63, 3.8) is 0 Å². The van der Waals surface area contributed by atoms with Gasteiger partial charge in [0, 0.05) is 31.4 Å². The number of nitrogens with zero attached hydrogens (tertiary/aromatic N) is 2. The summed E-state index contributed by atoms with van der Waals surface area (Å²) in [5, 5.41) is 0. The van der Waals surface area contributed by atoms with E-state index in [2.05, 4.69) is 23.4 Å². The van der Waals surface area contributed by atoms with E-state index >= 15 is 0 Å². The Kier molecular flexibility index (Phi) is 3.64. The number of hydrogen-bond acceptors (Lipinski definition) is 2. The minimum Gasteiger partial charge on any atom is -0.335 e. The van der Waals surface area contributed by atoms with Gasteiger partial charge in [0.2, 0.25) is 0 Å². The van der Waals surface area contributed by atoms with Crippen LogP contribution in [-0.2, 0) is 13.0 Å². The Morgan fingerprint density at radius 2 is 2.38 bits per heavy atom. The molecule has 1 fully saturated rings. The summed E-state index contributed by atoms with van der Waals surface area (Å²) in [6.45, 7) is 5.47. The van der Waals surface area contributed by atoms with E-state index in [1.807, 2.05) is 12.4 Å². The predicted octanol–water partition coefficient (Wildman–Crippen LogP) is 2.21. The SMILES string of the molecule is CCn1ccnc1CC(N)C1CCCC1C. The third-order valence-electron chi connectivity index (χ3n) is 4.04. The van der Waals surface area contributed by atoms with Gasteiger partial charge in [0.1, 0.15) is 5.82 Å². The van der Waals surface area contributed by atoms with Crippen LogP contribution >= 0.6 is 0 Å². The standard InChI is InChI=1S/C13H23N3/c1-3-16-8-7-15-13(16)9-12(14)11-6-4-5-10(11)2/h7-8,10-12H,3-6,9,14H2,1-2H3. The molecular weight excluding hydrogens is 198 g/mol. The zero-order valence-electron chi connectivity index (χ0n) is 10.4. The van der Waals surface area contributed by atoms with Crippen molar-refractivity contribution in [2.75, 3.05) is 0 Å². The van der Waals surface area contributed by atoms with E-state index in [1.54, 1.807) is 0 Å². The maximum absolute atomic E-state index is 6.33. The Bertz CT molecular complexity index is 332. The fourth-order valence-corrected chi connectivity index (χ4v) is 2.99. The van der Waals surface area contributed by atoms with Crippen LogP contribution in [0.5, 0.6) is 0 Å². The highest BCUT2D eigenvalue weighted by molar-refractivity contribution is 4.97. The van der Waals surface area contributed by atoms with Crippen molar-refractivity contribution in [1.82, 2.24) is 9.55 Å². The molecule has 0 radical (unpaired) electrons. The smallest absolute Gasteiger partial charge is 0.110 e. The maximum atomic E-state index is 6.33. The third-order valence-corrected chi connectivity index (χ3v) is 4.04. The lowest BCUT2D eigenvalue weighted by molar-refractivity contribution is 0.337. The summed E-state index contributed by atoms with van der Waals surface area (Å²) in [6, 6.07) is 0.283. The first-order valence-corrected chi connectivity index (χ1v) is 6.48. The Hall–Kier alpha value is -0.830. The van der Waals surface area contributed by atoms with Gasteiger partial charge in [0.15, 0.2) is 0 Å². The molecular formula is C13H23N3. The van der Waals surface area contributed by atoms with Gasteiger partial charge in [-0.05, 0) is 25.2 Å². The number of imidazole rings is 1. The topological polar surface area (TPSA) is 43.8 Å². The first-order valence-electron chi connectivity index (χ1n) is 6.48. The van der Waals surface area contributed by atoms with Gasteiger partial charge in [-0.1, -0.05) is 19.8 Å². The van der Waals surface area contributed by atoms with Crippen LogP contribution in [0.1, 0.15) is 38.9 Å². The normalized spacial score (nSPS) is 27.2. The van der Waals surface area contributed by atoms with E-state index in [4.69, 9.17) is 5.73 Å². The molecule has 1 aromatic rings. The number of hydrogen-bond donors (Lipinski definition) is 1. The van der Waals surface area contributed by atoms with E-state index in [-0.39, 0.29) is 6.04 Å². The Morgan fingerprint density at radius 3 is 3.00 bits per heavy atom. The molecule has 0 saturated heterocycles. The fourth-order valence-electron chi connectivity index (χ4n) is 2.99. The molecule has 2 rings (SSSR count). The summed E-state index contributed by atoms with van der Waals surface area (Å²) in [5.41, 5.74) is 6.33. The van der Waals surface area contributed by atoms with Crippen LogP contribution in [0.2, 0.25) is 0 Å². The Morgan fingerprint density at radius 1 is 1.56 bits per heavy atom. The van der Waals surface area contributed by atoms with Crippen molar-refractivity contribution in [2.45, 2.75) is 52.1 Å². The summed E-state index contributed by atoms with van der Waals surface area (Å²) >= 11 is 0. The first kappa shape index (κ1) is 11.6. The molecule has 0 amide bonds. The van der Waals surface area contributed by atoms with Crippen molar-refractivity contribution in [3.8, 4) is 0 Å². The molecule has 1 heterocycles. The van der Waals surface area contributed by atoms with Crippen LogP contribution in [0.3, 0.4) is 0 Å². The lowest BCUT2D eigenvalue weighted by Crippen LogP contribution is -2.34. The summed E-state index contributed by atoms with van der Waals surface area (Å²) in [5.74, 6) is 2.64. The molecule has 0 bridgehead atoms. The second-order valence-corrected chi connectivity index (χ2v) is 5.07. The second kappa shape index (κ2) is 5.00. The highest BCUT2D eigenvalue weighted by Crippen LogP contribution is 2.33. The fraction of sp³-hybridized carbons (Fsp3) is 0.769. The highest BCUT2D eigenvalue weighted by Gasteiger charge is 2.29. The summed E-state index contributed by atoms with van der Waals surface area (Å²) in [4.78, 5) is 4.41. The molecule has 0 spiro atoms. The van der Waals surface area contributed by atoms with Gasteiger partial charge < -0.3 is 10.3 Å². The Balaban J connectivity index is 1.98. The van der Waals surface area contributed by atoms with Gasteiger partial charge in [-0.2, -0.15) is 0 Å². The minimum atomic E-state index is 0.283. The van der Waals surface area contributed by atoms with Crippen LogP contribution in [0.25, 0.3) is 0 Å². The van der Waals surface area contributed by atoms with Gasteiger partial charge in [0.05, 0.1) is 0 Å². The van der Waals surface area contributed by atoms with E-state index < -0.39 is 0 Å². The minimum absolute atomic E-state index is 0.283. The molecule has 0 aliphatic heterocycles. The summed E-state index contributed by atoms with van der Waals surface area (Å²) in [6.07, 6.45) is 8.84. The van der Waals surface area contributed by atoms with E-state index in [9.17, 15) is 0 Å². The molecule has 1 aromatic heterocycles. The van der Waals surface area contributed by atoms with Crippen LogP contribution in [0, 0.1) is 11.8 Å². The van der Waals surface area contributed by atoms with Crippen molar-refractivity contribution < 1.29 is 0 Å². The van der Waals surface area contributed by atoms with Crippen LogP contribution in [0.4, 0.5) is 0 Å². The predicted molar refractivity (Wildman–Crippen MR) is 66.1 cm³/mol. The van der Waals surface area contributed by atoms with Crippen LogP contribution < -0.4 is 5.73 Å². The number of rotatable bonds is 4. The molecule has 90 valence electrons. The van der Waals surface area contributed by atoms with Crippen LogP contribution in [0.15, 0.2) is 12.4 Å². The van der Waals surface area contributed by atoms with Crippen molar-refractivity contribution >= 4 is 0 Å². The molecule has 1 saturated carbocycles. The average Bonchev–Trinajstić information content (AvgIpc) is 2.86. The second-order valence-electron chi connectivity index (χ2n) is 5.07. The first-order chi connectivity index (χ1) is 7.72. The zero-order valence-corrected chi connectivity index (χ0v) is 10.4. The largest absolute Gasteiger partial charge is 0.335 e. The molecule has 3 nitrogen and oxygen atoms in total. The van der Waals surface area contributed by atoms with Gasteiger partial charge in [-0.25, -0.2) is 4.98 Å². The average molecular weight is 221 g/mol. The lowest BCUT2D eigenvalue weighted by Gasteiger charge is -2.23. The van der Waals surface area contributed by atoms with Crippen molar-refractivity contribution in [1.29, 1.82) is 0 Å². The van der Waals surface area contributed by atoms with Gasteiger partial charge in [0.25, 0.3) is 0 Å². The molecule has 3 atom stereocenters. The van der Waals surface area contributed by atoms with E-state index in [0.29, 0.717) is 5.92 Å². The molecule has 1 aliphatic carbocycles. The van der Waals surface area contributed by atoms with Gasteiger partial charge >= 0.3 is 0 Å². The zero-order chi connectivity index (χ0) is 11.5. The number of nitrogens with two attached hydrogens (primary N) is 1. The van der Waals surface area contributed by atoms with Crippen molar-refractivity contribution in [3.05, 3.63) is 18.2 Å². The van der Waals surface area contributed by atoms with Crippen LogP contribution in [-0.4, -0.2) is 15.6 Å². The van der Waals surface area contributed by atoms with Gasteiger partial charge in [-0.15, -0.1) is 0 Å². The third kappa shape index (κ3) is 2.29. The Labute approximate surface area is 98.1 Å². The summed E-state index contributed by atoms with van der Waals surface area (Å²) in [7, 11) is 0. The quantitative estimate of drug-likeness (QED) is 0.847. The highest BCUT2D eigenvalue weighted by atomic mass is 15.1. The van der Waals surface area contributed by atoms with E-state index in [0.717, 1.165) is 24.7 Å². The molecule has 3 unspecified atom stereocenters. The van der Waals surface area contributed by atoms with Crippen molar-refractivity contribution in [2.24, 2.45) is 17.6 Å². The summed E-state index contributed by atoms with van der Waals surface area (Å²) < 4.78 is 2.19. The molecule has 0 aromatic carbocycles. The molecule has 1 aliphatic rings. The monoisotopic (exact) mass is 221 g/mol. The number of aryl methyl sites for hydroxylation is 1. The maximum Gasteiger partial charge on any atom is 0.110 e. The molecule has 2 N–H and O–H groups in total. The molecule has 16 heavy (non-hydrogen) atoms. The molecule has 3 heteroatoms. The number of aromatic nitrogens is 2. The lowest BCUT2D eigenvalue weighted by atomic mass is 9.89. The van der Waals surface area contributed by atoms with Gasteiger partial charge in [-0.3, -0.25) is 0 Å².